The predicted molar refractivity (Wildman–Crippen MR) is 91.2 cm³/mol. The molecule has 2 aromatic rings. The highest BCUT2D eigenvalue weighted by Crippen LogP contribution is 2.28. The Labute approximate surface area is 144 Å². The molecule has 1 fully saturated rings. The van der Waals surface area contributed by atoms with Crippen LogP contribution in [-0.4, -0.2) is 27.3 Å². The van der Waals surface area contributed by atoms with E-state index in [1.165, 1.54) is 0 Å². The molecule has 1 aromatic heterocycles. The van der Waals surface area contributed by atoms with E-state index in [4.69, 9.17) is 0 Å². The number of benzene rings is 1. The second-order valence-corrected chi connectivity index (χ2v) is 7.33. The summed E-state index contributed by atoms with van der Waals surface area (Å²) in [4.78, 5) is 16.6. The van der Waals surface area contributed by atoms with E-state index in [0.717, 1.165) is 25.7 Å². The van der Waals surface area contributed by atoms with Gasteiger partial charge in [-0.05, 0) is 55.5 Å². The fraction of sp³-hybridized carbons (Fsp3) is 0.529. The van der Waals surface area contributed by atoms with Crippen LogP contribution in [0.4, 0.5) is 8.78 Å². The van der Waals surface area contributed by atoms with Crippen molar-refractivity contribution in [1.29, 1.82) is 0 Å². The van der Waals surface area contributed by atoms with E-state index in [0.29, 0.717) is 28.7 Å². The first-order valence-electron chi connectivity index (χ1n) is 8.22. The molecule has 130 valence electrons. The minimum Gasteiger partial charge on any atom is -0.352 e. The van der Waals surface area contributed by atoms with E-state index in [1.54, 1.807) is 22.8 Å². The van der Waals surface area contributed by atoms with Crippen molar-refractivity contribution in [3.8, 4) is 0 Å². The van der Waals surface area contributed by atoms with Crippen molar-refractivity contribution in [2.75, 3.05) is 0 Å². The summed E-state index contributed by atoms with van der Waals surface area (Å²) in [5.74, 6) is -2.00. The SMILES string of the molecule is CC1CCC(NC(=O)Cn2c(SC(F)F)nc3ccccc32)CC1. The van der Waals surface area contributed by atoms with Gasteiger partial charge in [-0.2, -0.15) is 8.78 Å². The summed E-state index contributed by atoms with van der Waals surface area (Å²) < 4.78 is 27.1. The van der Waals surface area contributed by atoms with E-state index in [2.05, 4.69) is 17.2 Å². The lowest BCUT2D eigenvalue weighted by atomic mass is 9.87. The summed E-state index contributed by atoms with van der Waals surface area (Å²) in [7, 11) is 0. The maximum absolute atomic E-state index is 12.8. The molecular formula is C17H21F2N3OS. The minimum atomic E-state index is -2.57. The van der Waals surface area contributed by atoms with Gasteiger partial charge in [-0.3, -0.25) is 4.79 Å². The van der Waals surface area contributed by atoms with Gasteiger partial charge in [0.05, 0.1) is 11.0 Å². The maximum Gasteiger partial charge on any atom is 0.291 e. The Bertz CT molecular complexity index is 711. The molecule has 0 unspecified atom stereocenters. The zero-order valence-electron chi connectivity index (χ0n) is 13.5. The number of amides is 1. The molecule has 1 heterocycles. The van der Waals surface area contributed by atoms with Crippen molar-refractivity contribution in [3.05, 3.63) is 24.3 Å². The number of thioether (sulfide) groups is 1. The second kappa shape index (κ2) is 7.51. The third-order valence-corrected chi connectivity index (χ3v) is 5.20. The molecule has 0 radical (unpaired) electrons. The lowest BCUT2D eigenvalue weighted by Crippen LogP contribution is -2.39. The van der Waals surface area contributed by atoms with Gasteiger partial charge in [0, 0.05) is 6.04 Å². The number of imidazole rings is 1. The van der Waals surface area contributed by atoms with Gasteiger partial charge in [-0.1, -0.05) is 19.1 Å². The molecule has 1 N–H and O–H groups in total. The van der Waals surface area contributed by atoms with Gasteiger partial charge in [0.2, 0.25) is 5.91 Å². The van der Waals surface area contributed by atoms with Crippen LogP contribution in [0.2, 0.25) is 0 Å². The van der Waals surface area contributed by atoms with Crippen LogP contribution in [-0.2, 0) is 11.3 Å². The topological polar surface area (TPSA) is 46.9 Å². The van der Waals surface area contributed by atoms with Gasteiger partial charge in [0.15, 0.2) is 5.16 Å². The van der Waals surface area contributed by atoms with Crippen molar-refractivity contribution in [2.24, 2.45) is 5.92 Å². The molecule has 3 rings (SSSR count). The van der Waals surface area contributed by atoms with Crippen molar-refractivity contribution < 1.29 is 13.6 Å². The van der Waals surface area contributed by atoms with Gasteiger partial charge in [0.25, 0.3) is 5.76 Å². The quantitative estimate of drug-likeness (QED) is 0.825. The number of halogens is 2. The fourth-order valence-electron chi connectivity index (χ4n) is 3.20. The van der Waals surface area contributed by atoms with Crippen molar-refractivity contribution >= 4 is 28.7 Å². The van der Waals surface area contributed by atoms with Gasteiger partial charge >= 0.3 is 0 Å². The summed E-state index contributed by atoms with van der Waals surface area (Å²) in [6.07, 6.45) is 4.20. The molecule has 1 aliphatic rings. The number of alkyl halides is 2. The van der Waals surface area contributed by atoms with E-state index >= 15 is 0 Å². The van der Waals surface area contributed by atoms with Gasteiger partial charge in [-0.15, -0.1) is 0 Å². The molecular weight excluding hydrogens is 332 g/mol. The highest BCUT2D eigenvalue weighted by molar-refractivity contribution is 7.99. The number of hydrogen-bond donors (Lipinski definition) is 1. The highest BCUT2D eigenvalue weighted by Gasteiger charge is 2.22. The number of para-hydroxylation sites is 2. The molecule has 0 spiro atoms. The molecule has 24 heavy (non-hydrogen) atoms. The Morgan fingerprint density at radius 3 is 2.75 bits per heavy atom. The van der Waals surface area contributed by atoms with E-state index < -0.39 is 5.76 Å². The van der Waals surface area contributed by atoms with Gasteiger partial charge in [-0.25, -0.2) is 4.98 Å². The van der Waals surface area contributed by atoms with Crippen LogP contribution in [0.1, 0.15) is 32.6 Å². The Hall–Kier alpha value is -1.63. The van der Waals surface area contributed by atoms with Crippen LogP contribution in [0, 0.1) is 5.92 Å². The number of fused-ring (bicyclic) bond motifs is 1. The van der Waals surface area contributed by atoms with Crippen molar-refractivity contribution in [1.82, 2.24) is 14.9 Å². The first-order chi connectivity index (χ1) is 11.5. The number of carbonyl (C=O) groups excluding carboxylic acids is 1. The Morgan fingerprint density at radius 2 is 2.04 bits per heavy atom. The molecule has 1 amide bonds. The molecule has 1 aromatic carbocycles. The summed E-state index contributed by atoms with van der Waals surface area (Å²) in [5, 5.41) is 3.22. The first kappa shape index (κ1) is 17.2. The van der Waals surface area contributed by atoms with Crippen LogP contribution in [0.15, 0.2) is 29.4 Å². The molecule has 1 saturated carbocycles. The Balaban J connectivity index is 1.74. The monoisotopic (exact) mass is 353 g/mol. The van der Waals surface area contributed by atoms with Gasteiger partial charge in [0.1, 0.15) is 6.54 Å². The van der Waals surface area contributed by atoms with Crippen LogP contribution in [0.3, 0.4) is 0 Å². The smallest absolute Gasteiger partial charge is 0.291 e. The molecule has 0 aliphatic heterocycles. The second-order valence-electron chi connectivity index (χ2n) is 6.37. The lowest BCUT2D eigenvalue weighted by Gasteiger charge is -2.27. The Morgan fingerprint density at radius 1 is 1.33 bits per heavy atom. The Kier molecular flexibility index (Phi) is 5.38. The zero-order valence-corrected chi connectivity index (χ0v) is 14.4. The van der Waals surface area contributed by atoms with E-state index in [-0.39, 0.29) is 23.7 Å². The maximum atomic E-state index is 12.8. The normalized spacial score (nSPS) is 21.3. The average molecular weight is 353 g/mol. The predicted octanol–water partition coefficient (Wildman–Crippen LogP) is 4.05. The zero-order chi connectivity index (χ0) is 17.1. The fourth-order valence-corrected chi connectivity index (χ4v) is 3.80. The van der Waals surface area contributed by atoms with Crippen molar-refractivity contribution in [3.63, 3.8) is 0 Å². The third kappa shape index (κ3) is 4.06. The van der Waals surface area contributed by atoms with Crippen LogP contribution in [0.25, 0.3) is 11.0 Å². The number of nitrogens with zero attached hydrogens (tertiary/aromatic N) is 2. The third-order valence-electron chi connectivity index (χ3n) is 4.50. The van der Waals surface area contributed by atoms with Crippen LogP contribution < -0.4 is 5.32 Å². The number of hydrogen-bond acceptors (Lipinski definition) is 3. The largest absolute Gasteiger partial charge is 0.352 e. The van der Waals surface area contributed by atoms with Gasteiger partial charge < -0.3 is 9.88 Å². The van der Waals surface area contributed by atoms with E-state index in [1.807, 2.05) is 6.07 Å². The molecule has 7 heteroatoms. The summed E-state index contributed by atoms with van der Waals surface area (Å²) in [6, 6.07) is 7.38. The summed E-state index contributed by atoms with van der Waals surface area (Å²) in [5.41, 5.74) is 1.33. The molecule has 0 saturated heterocycles. The molecule has 1 aliphatic carbocycles. The number of nitrogens with one attached hydrogen (secondary N) is 1. The molecule has 0 bridgehead atoms. The lowest BCUT2D eigenvalue weighted by molar-refractivity contribution is -0.122. The highest BCUT2D eigenvalue weighted by atomic mass is 32.2. The summed E-state index contributed by atoms with van der Waals surface area (Å²) >= 11 is 0.378. The standard InChI is InChI=1S/C17H21F2N3OS/c1-11-6-8-12(9-7-11)20-15(23)10-22-14-5-3-2-4-13(14)21-17(22)24-16(18)19/h2-5,11-12,16H,6-10H2,1H3,(H,20,23). The van der Waals surface area contributed by atoms with Crippen LogP contribution >= 0.6 is 11.8 Å². The summed E-state index contributed by atoms with van der Waals surface area (Å²) in [6.45, 7) is 2.24. The van der Waals surface area contributed by atoms with E-state index in [9.17, 15) is 13.6 Å². The average Bonchev–Trinajstić information content (AvgIpc) is 2.86. The first-order valence-corrected chi connectivity index (χ1v) is 9.10. The van der Waals surface area contributed by atoms with Crippen molar-refractivity contribution in [2.45, 2.75) is 56.1 Å². The number of carbonyl (C=O) groups is 1. The number of aromatic nitrogens is 2. The minimum absolute atomic E-state index is 0.0155. The molecule has 4 nitrogen and oxygen atoms in total. The van der Waals surface area contributed by atoms with Crippen LogP contribution in [0.5, 0.6) is 0 Å². The number of rotatable bonds is 5. The molecule has 0 atom stereocenters.